The monoisotopic (exact) mass is 493 g/mol. The highest BCUT2D eigenvalue weighted by Gasteiger charge is 2.14. The van der Waals surface area contributed by atoms with Gasteiger partial charge in [0.05, 0.1) is 21.4 Å². The first-order chi connectivity index (χ1) is 11.6. The van der Waals surface area contributed by atoms with E-state index in [0.717, 1.165) is 19.0 Å². The Hall–Kier alpha value is -2.18. The lowest BCUT2D eigenvalue weighted by Gasteiger charge is -1.96. The molecule has 1 heterocycles. The molecule has 118 valence electrons. The zero-order valence-corrected chi connectivity index (χ0v) is 15.8. The molecule has 0 atom stereocenters. The Bertz CT molecular complexity index is 987. The fourth-order valence-electron chi connectivity index (χ4n) is 2.05. The summed E-state index contributed by atoms with van der Waals surface area (Å²) >= 11 is 5.57. The first kappa shape index (κ1) is 16.7. The van der Waals surface area contributed by atoms with Gasteiger partial charge in [0.25, 0.3) is 0 Å². The number of rotatable bonds is 3. The quantitative estimate of drug-likeness (QED) is 0.333. The molecule has 3 rings (SSSR count). The number of halogens is 2. The summed E-state index contributed by atoms with van der Waals surface area (Å²) < 4.78 is 7.43. The van der Waals surface area contributed by atoms with Gasteiger partial charge in [0.1, 0.15) is 5.58 Å². The number of fused-ring (bicyclic) bond motifs is 1. The fourth-order valence-corrected chi connectivity index (χ4v) is 3.71. The zero-order valence-electron chi connectivity index (χ0n) is 12.1. The van der Waals surface area contributed by atoms with Gasteiger partial charge in [-0.15, -0.1) is 0 Å². The minimum atomic E-state index is -0.428. The van der Waals surface area contributed by atoms with E-state index in [1.807, 2.05) is 18.2 Å². The Morgan fingerprint density at radius 1 is 1.29 bits per heavy atom. The largest absolute Gasteiger partial charge is 0.450 e. The van der Waals surface area contributed by atoms with Gasteiger partial charge in [-0.2, -0.15) is 10.4 Å². The molecule has 1 aromatic heterocycles. The van der Waals surface area contributed by atoms with Crippen LogP contribution in [0.25, 0.3) is 11.0 Å². The molecular weight excluding hydrogens is 485 g/mol. The van der Waals surface area contributed by atoms with E-state index in [9.17, 15) is 4.79 Å². The third kappa shape index (κ3) is 3.66. The summed E-state index contributed by atoms with van der Waals surface area (Å²) in [7, 11) is 0. The van der Waals surface area contributed by atoms with Gasteiger partial charge in [0, 0.05) is 9.86 Å². The summed E-state index contributed by atoms with van der Waals surface area (Å²) in [4.78, 5) is 12.1. The van der Waals surface area contributed by atoms with Crippen molar-refractivity contribution in [2.75, 3.05) is 0 Å². The first-order valence-corrected chi connectivity index (χ1v) is 8.66. The van der Waals surface area contributed by atoms with Crippen molar-refractivity contribution in [1.82, 2.24) is 5.43 Å². The van der Waals surface area contributed by atoms with Crippen LogP contribution in [0, 0.1) is 14.9 Å². The molecular formula is C17H9BrIN3O2. The number of carbonyl (C=O) groups excluding carboxylic acids is 1. The molecule has 5 nitrogen and oxygen atoms in total. The van der Waals surface area contributed by atoms with E-state index in [2.05, 4.69) is 49.0 Å². The van der Waals surface area contributed by atoms with Gasteiger partial charge in [-0.3, -0.25) is 4.79 Å². The summed E-state index contributed by atoms with van der Waals surface area (Å²) in [5.41, 5.74) is 4.44. The van der Waals surface area contributed by atoms with Crippen molar-refractivity contribution in [2.45, 2.75) is 0 Å². The molecule has 0 radical (unpaired) electrons. The number of hydrogen-bond donors (Lipinski definition) is 1. The Labute approximate surface area is 159 Å². The van der Waals surface area contributed by atoms with Crippen molar-refractivity contribution < 1.29 is 9.21 Å². The molecule has 3 aromatic rings. The van der Waals surface area contributed by atoms with Crippen LogP contribution in [0.5, 0.6) is 0 Å². The molecule has 0 saturated carbocycles. The van der Waals surface area contributed by atoms with Gasteiger partial charge in [-0.1, -0.05) is 28.1 Å². The minimum Gasteiger partial charge on any atom is -0.450 e. The van der Waals surface area contributed by atoms with Crippen LogP contribution in [0.3, 0.4) is 0 Å². The molecule has 1 amide bonds. The number of hydrazone groups is 1. The van der Waals surface area contributed by atoms with E-state index in [4.69, 9.17) is 9.68 Å². The minimum absolute atomic E-state index is 0.193. The smallest absolute Gasteiger partial charge is 0.307 e. The number of carbonyl (C=O) groups is 1. The second-order valence-electron chi connectivity index (χ2n) is 4.85. The van der Waals surface area contributed by atoms with E-state index >= 15 is 0 Å². The van der Waals surface area contributed by atoms with Gasteiger partial charge in [0.2, 0.25) is 0 Å². The van der Waals surface area contributed by atoms with Gasteiger partial charge in [-0.25, -0.2) is 5.43 Å². The lowest BCUT2D eigenvalue weighted by Crippen LogP contribution is -2.16. The van der Waals surface area contributed by atoms with Crippen molar-refractivity contribution in [1.29, 1.82) is 5.26 Å². The third-order valence-electron chi connectivity index (χ3n) is 3.18. The standard InChI is InChI=1S/C17H9BrIN3O2/c18-13-5-12-6-15(24-16(12)14(19)7-13)17(23)22-21-9-11-3-1-10(8-20)2-4-11/h1-7,9H,(H,22,23)/b21-9-. The molecule has 0 spiro atoms. The van der Waals surface area contributed by atoms with Crippen LogP contribution in [0.2, 0.25) is 0 Å². The first-order valence-electron chi connectivity index (χ1n) is 6.79. The Kier molecular flexibility index (Phi) is 4.97. The Morgan fingerprint density at radius 2 is 2.04 bits per heavy atom. The molecule has 0 bridgehead atoms. The summed E-state index contributed by atoms with van der Waals surface area (Å²) in [6, 6.07) is 14.4. The average molecular weight is 494 g/mol. The predicted octanol–water partition coefficient (Wildman–Crippen LogP) is 4.44. The van der Waals surface area contributed by atoms with Crippen molar-refractivity contribution in [3.8, 4) is 6.07 Å². The van der Waals surface area contributed by atoms with E-state index < -0.39 is 5.91 Å². The molecule has 7 heteroatoms. The molecule has 0 aliphatic rings. The van der Waals surface area contributed by atoms with E-state index in [1.54, 1.807) is 30.3 Å². The number of hydrogen-bond acceptors (Lipinski definition) is 4. The lowest BCUT2D eigenvalue weighted by molar-refractivity contribution is 0.0929. The number of furan rings is 1. The molecule has 0 aliphatic heterocycles. The van der Waals surface area contributed by atoms with Gasteiger partial charge in [0.15, 0.2) is 5.76 Å². The van der Waals surface area contributed by atoms with Crippen LogP contribution >= 0.6 is 38.5 Å². The van der Waals surface area contributed by atoms with Gasteiger partial charge >= 0.3 is 5.91 Å². The van der Waals surface area contributed by atoms with Crippen LogP contribution in [0.1, 0.15) is 21.7 Å². The van der Waals surface area contributed by atoms with Crippen molar-refractivity contribution in [3.05, 3.63) is 67.4 Å². The van der Waals surface area contributed by atoms with Crippen LogP contribution in [0.4, 0.5) is 0 Å². The molecule has 24 heavy (non-hydrogen) atoms. The number of amides is 1. The maximum absolute atomic E-state index is 12.1. The van der Waals surface area contributed by atoms with Crippen LogP contribution in [-0.4, -0.2) is 12.1 Å². The van der Waals surface area contributed by atoms with E-state index in [0.29, 0.717) is 11.1 Å². The highest BCUT2D eigenvalue weighted by atomic mass is 127. The highest BCUT2D eigenvalue weighted by molar-refractivity contribution is 14.1. The fraction of sp³-hybridized carbons (Fsp3) is 0. The molecule has 0 fully saturated rings. The maximum Gasteiger partial charge on any atom is 0.307 e. The summed E-state index contributed by atoms with van der Waals surface area (Å²) in [6.45, 7) is 0. The van der Waals surface area contributed by atoms with Gasteiger partial charge < -0.3 is 4.42 Å². The molecule has 0 unspecified atom stereocenters. The van der Waals surface area contributed by atoms with E-state index in [-0.39, 0.29) is 5.76 Å². The van der Waals surface area contributed by atoms with Crippen molar-refractivity contribution >= 4 is 61.6 Å². The second kappa shape index (κ2) is 7.15. The highest BCUT2D eigenvalue weighted by Crippen LogP contribution is 2.28. The molecule has 0 aliphatic carbocycles. The van der Waals surface area contributed by atoms with Crippen LogP contribution < -0.4 is 5.43 Å². The van der Waals surface area contributed by atoms with E-state index in [1.165, 1.54) is 6.21 Å². The SMILES string of the molecule is N#Cc1ccc(/C=N\NC(=O)c2cc3cc(Br)cc(I)c3o2)cc1. The average Bonchev–Trinajstić information content (AvgIpc) is 3.00. The second-order valence-corrected chi connectivity index (χ2v) is 6.93. The normalized spacial score (nSPS) is 10.9. The molecule has 2 aromatic carbocycles. The van der Waals surface area contributed by atoms with Crippen molar-refractivity contribution in [2.24, 2.45) is 5.10 Å². The summed E-state index contributed by atoms with van der Waals surface area (Å²) in [5.74, 6) is -0.235. The Morgan fingerprint density at radius 3 is 2.75 bits per heavy atom. The number of benzene rings is 2. The zero-order chi connectivity index (χ0) is 17.1. The predicted molar refractivity (Wildman–Crippen MR) is 103 cm³/mol. The van der Waals surface area contributed by atoms with Gasteiger partial charge in [-0.05, 0) is 58.5 Å². The summed E-state index contributed by atoms with van der Waals surface area (Å²) in [6.07, 6.45) is 1.50. The van der Waals surface area contributed by atoms with Crippen LogP contribution in [-0.2, 0) is 0 Å². The van der Waals surface area contributed by atoms with Crippen molar-refractivity contribution in [3.63, 3.8) is 0 Å². The number of nitrogens with zero attached hydrogens (tertiary/aromatic N) is 2. The Balaban J connectivity index is 1.74. The summed E-state index contributed by atoms with van der Waals surface area (Å²) in [5, 5.41) is 13.5. The topological polar surface area (TPSA) is 78.4 Å². The third-order valence-corrected chi connectivity index (χ3v) is 4.44. The molecule has 0 saturated heterocycles. The molecule has 1 N–H and O–H groups in total. The number of nitrogens with one attached hydrogen (secondary N) is 1. The van der Waals surface area contributed by atoms with Crippen LogP contribution in [0.15, 0.2) is 56.5 Å². The maximum atomic E-state index is 12.1. The lowest BCUT2D eigenvalue weighted by atomic mass is 10.2. The number of nitriles is 1.